The monoisotopic (exact) mass is 214 g/mol. The van der Waals surface area contributed by atoms with E-state index >= 15 is 0 Å². The molecule has 0 aromatic carbocycles. The first-order valence-electron chi connectivity index (χ1n) is 6.01. The molecule has 1 aliphatic rings. The SMILES string of the molecule is CCCCOC1(C(=O)O)CCCCC1C. The summed E-state index contributed by atoms with van der Waals surface area (Å²) in [6.45, 7) is 4.66. The van der Waals surface area contributed by atoms with Crippen molar-refractivity contribution < 1.29 is 14.6 Å². The molecule has 88 valence electrons. The minimum Gasteiger partial charge on any atom is -0.479 e. The molecular formula is C12H22O3. The van der Waals surface area contributed by atoms with E-state index in [0.717, 1.165) is 32.1 Å². The molecule has 3 heteroatoms. The molecule has 0 saturated heterocycles. The number of carboxylic acids is 1. The predicted molar refractivity (Wildman–Crippen MR) is 58.9 cm³/mol. The van der Waals surface area contributed by atoms with Gasteiger partial charge in [0, 0.05) is 6.61 Å². The highest BCUT2D eigenvalue weighted by molar-refractivity contribution is 5.78. The lowest BCUT2D eigenvalue weighted by Crippen LogP contribution is -2.49. The molecule has 2 unspecified atom stereocenters. The Labute approximate surface area is 91.8 Å². The lowest BCUT2D eigenvalue weighted by Gasteiger charge is -2.38. The third-order valence-electron chi connectivity index (χ3n) is 3.45. The van der Waals surface area contributed by atoms with Crippen LogP contribution in [0.1, 0.15) is 52.4 Å². The molecule has 2 atom stereocenters. The maximum Gasteiger partial charge on any atom is 0.336 e. The van der Waals surface area contributed by atoms with Gasteiger partial charge in [-0.2, -0.15) is 0 Å². The number of carboxylic acid groups (broad SMARTS) is 1. The van der Waals surface area contributed by atoms with Crippen LogP contribution >= 0.6 is 0 Å². The van der Waals surface area contributed by atoms with E-state index in [9.17, 15) is 9.90 Å². The molecule has 0 aliphatic heterocycles. The largest absolute Gasteiger partial charge is 0.479 e. The Morgan fingerprint density at radius 2 is 2.27 bits per heavy atom. The Hall–Kier alpha value is -0.570. The topological polar surface area (TPSA) is 46.5 Å². The Morgan fingerprint density at radius 3 is 2.80 bits per heavy atom. The van der Waals surface area contributed by atoms with Crippen LogP contribution in [0.5, 0.6) is 0 Å². The highest BCUT2D eigenvalue weighted by Crippen LogP contribution is 2.37. The van der Waals surface area contributed by atoms with Gasteiger partial charge in [0.1, 0.15) is 0 Å². The molecule has 0 spiro atoms. The molecule has 0 heterocycles. The summed E-state index contributed by atoms with van der Waals surface area (Å²) in [7, 11) is 0. The second-order valence-corrected chi connectivity index (χ2v) is 4.54. The number of hydrogen-bond acceptors (Lipinski definition) is 2. The minimum absolute atomic E-state index is 0.139. The van der Waals surface area contributed by atoms with E-state index < -0.39 is 11.6 Å². The average Bonchev–Trinajstić information content (AvgIpc) is 2.21. The second kappa shape index (κ2) is 5.50. The van der Waals surface area contributed by atoms with Crippen LogP contribution in [0.25, 0.3) is 0 Å². The summed E-state index contributed by atoms with van der Waals surface area (Å²) < 4.78 is 5.69. The zero-order chi connectivity index (χ0) is 11.3. The maximum atomic E-state index is 11.4. The Balaban J connectivity index is 2.63. The van der Waals surface area contributed by atoms with E-state index in [0.29, 0.717) is 13.0 Å². The predicted octanol–water partition coefficient (Wildman–Crippen LogP) is 2.84. The Kier molecular flexibility index (Phi) is 4.58. The van der Waals surface area contributed by atoms with Gasteiger partial charge < -0.3 is 9.84 Å². The van der Waals surface area contributed by atoms with Gasteiger partial charge in [-0.15, -0.1) is 0 Å². The van der Waals surface area contributed by atoms with Gasteiger partial charge in [0.15, 0.2) is 5.60 Å². The molecule has 1 saturated carbocycles. The first-order valence-corrected chi connectivity index (χ1v) is 6.01. The maximum absolute atomic E-state index is 11.4. The van der Waals surface area contributed by atoms with Crippen LogP contribution in [0, 0.1) is 5.92 Å². The van der Waals surface area contributed by atoms with Gasteiger partial charge in [0.05, 0.1) is 0 Å². The summed E-state index contributed by atoms with van der Waals surface area (Å²) in [5.74, 6) is -0.633. The fraction of sp³-hybridized carbons (Fsp3) is 0.917. The molecule has 15 heavy (non-hydrogen) atoms. The fourth-order valence-electron chi connectivity index (χ4n) is 2.31. The lowest BCUT2D eigenvalue weighted by molar-refractivity contribution is -0.179. The molecule has 0 amide bonds. The molecular weight excluding hydrogens is 192 g/mol. The molecule has 1 N–H and O–H groups in total. The van der Waals surface area contributed by atoms with Crippen LogP contribution < -0.4 is 0 Å². The van der Waals surface area contributed by atoms with Crippen molar-refractivity contribution in [3.05, 3.63) is 0 Å². The third kappa shape index (κ3) is 2.71. The lowest BCUT2D eigenvalue weighted by atomic mass is 9.76. The zero-order valence-corrected chi connectivity index (χ0v) is 9.79. The summed E-state index contributed by atoms with van der Waals surface area (Å²) in [6, 6.07) is 0. The summed E-state index contributed by atoms with van der Waals surface area (Å²) in [4.78, 5) is 11.4. The Bertz CT molecular complexity index is 215. The van der Waals surface area contributed by atoms with Gasteiger partial charge in [0.2, 0.25) is 0 Å². The zero-order valence-electron chi connectivity index (χ0n) is 9.79. The van der Waals surface area contributed by atoms with Crippen LogP contribution in [-0.4, -0.2) is 23.3 Å². The van der Waals surface area contributed by atoms with Crippen LogP contribution in [-0.2, 0) is 9.53 Å². The summed E-state index contributed by atoms with van der Waals surface area (Å²) >= 11 is 0. The molecule has 1 rings (SSSR count). The van der Waals surface area contributed by atoms with Crippen molar-refractivity contribution in [3.63, 3.8) is 0 Å². The standard InChI is InChI=1S/C12H22O3/c1-3-4-9-15-12(11(13)14)8-6-5-7-10(12)2/h10H,3-9H2,1-2H3,(H,13,14). The first-order chi connectivity index (χ1) is 7.13. The van der Waals surface area contributed by atoms with Crippen LogP contribution in [0.4, 0.5) is 0 Å². The summed E-state index contributed by atoms with van der Waals surface area (Å²) in [5, 5.41) is 9.33. The molecule has 0 radical (unpaired) electrons. The van der Waals surface area contributed by atoms with E-state index in [2.05, 4.69) is 6.92 Å². The molecule has 1 aliphatic carbocycles. The first kappa shape index (κ1) is 12.5. The summed E-state index contributed by atoms with van der Waals surface area (Å²) in [5.41, 5.74) is -0.895. The van der Waals surface area contributed by atoms with Gasteiger partial charge in [-0.25, -0.2) is 4.79 Å². The summed E-state index contributed by atoms with van der Waals surface area (Å²) in [6.07, 6.45) is 5.74. The van der Waals surface area contributed by atoms with Gasteiger partial charge in [0.25, 0.3) is 0 Å². The minimum atomic E-state index is -0.895. The van der Waals surface area contributed by atoms with E-state index in [1.54, 1.807) is 0 Å². The van der Waals surface area contributed by atoms with Crippen LogP contribution in [0.3, 0.4) is 0 Å². The van der Waals surface area contributed by atoms with Gasteiger partial charge in [-0.05, 0) is 31.6 Å². The highest BCUT2D eigenvalue weighted by Gasteiger charge is 2.46. The van der Waals surface area contributed by atoms with Crippen molar-refractivity contribution >= 4 is 5.97 Å². The van der Waals surface area contributed by atoms with E-state index in [4.69, 9.17) is 4.74 Å². The smallest absolute Gasteiger partial charge is 0.336 e. The van der Waals surface area contributed by atoms with Crippen molar-refractivity contribution in [2.45, 2.75) is 58.0 Å². The normalized spacial score (nSPS) is 31.5. The van der Waals surface area contributed by atoms with Gasteiger partial charge in [-0.3, -0.25) is 0 Å². The van der Waals surface area contributed by atoms with E-state index in [-0.39, 0.29) is 5.92 Å². The number of ether oxygens (including phenoxy) is 1. The Morgan fingerprint density at radius 1 is 1.53 bits per heavy atom. The third-order valence-corrected chi connectivity index (χ3v) is 3.45. The van der Waals surface area contributed by atoms with Gasteiger partial charge >= 0.3 is 5.97 Å². The van der Waals surface area contributed by atoms with Crippen molar-refractivity contribution in [2.24, 2.45) is 5.92 Å². The van der Waals surface area contributed by atoms with E-state index in [1.165, 1.54) is 0 Å². The van der Waals surface area contributed by atoms with Gasteiger partial charge in [-0.1, -0.05) is 26.7 Å². The molecule has 1 fully saturated rings. The van der Waals surface area contributed by atoms with Crippen molar-refractivity contribution in [3.8, 4) is 0 Å². The number of hydrogen-bond donors (Lipinski definition) is 1. The number of unbranched alkanes of at least 4 members (excludes halogenated alkanes) is 1. The quantitative estimate of drug-likeness (QED) is 0.716. The van der Waals surface area contributed by atoms with Crippen LogP contribution in [0.2, 0.25) is 0 Å². The fourth-order valence-corrected chi connectivity index (χ4v) is 2.31. The van der Waals surface area contributed by atoms with Crippen molar-refractivity contribution in [2.75, 3.05) is 6.61 Å². The average molecular weight is 214 g/mol. The number of carbonyl (C=O) groups is 1. The van der Waals surface area contributed by atoms with Crippen molar-refractivity contribution in [1.82, 2.24) is 0 Å². The molecule has 0 bridgehead atoms. The second-order valence-electron chi connectivity index (χ2n) is 4.54. The molecule has 0 aromatic rings. The number of rotatable bonds is 5. The molecule has 3 nitrogen and oxygen atoms in total. The van der Waals surface area contributed by atoms with E-state index in [1.807, 2.05) is 6.92 Å². The number of aliphatic carboxylic acids is 1. The molecule has 0 aromatic heterocycles. The highest BCUT2D eigenvalue weighted by atomic mass is 16.5. The van der Waals surface area contributed by atoms with Crippen LogP contribution in [0.15, 0.2) is 0 Å². The van der Waals surface area contributed by atoms with Crippen molar-refractivity contribution in [1.29, 1.82) is 0 Å².